The fourth-order valence-electron chi connectivity index (χ4n) is 5.15. The first kappa shape index (κ1) is 23.0. The van der Waals surface area contributed by atoms with Crippen molar-refractivity contribution in [2.75, 3.05) is 13.1 Å². The minimum atomic E-state index is -0.478. The van der Waals surface area contributed by atoms with Gasteiger partial charge in [0.2, 0.25) is 0 Å². The van der Waals surface area contributed by atoms with Crippen LogP contribution in [0, 0.1) is 19.7 Å². The molecule has 4 unspecified atom stereocenters. The van der Waals surface area contributed by atoms with Gasteiger partial charge in [-0.3, -0.25) is 4.79 Å². The summed E-state index contributed by atoms with van der Waals surface area (Å²) < 4.78 is 20.3. The number of amides is 1. The Labute approximate surface area is 202 Å². The van der Waals surface area contributed by atoms with Crippen molar-refractivity contribution in [3.05, 3.63) is 57.5 Å². The average Bonchev–Trinajstić information content (AvgIpc) is 3.29. The second kappa shape index (κ2) is 8.79. The molecule has 180 valence electrons. The minimum absolute atomic E-state index is 0.0448. The summed E-state index contributed by atoms with van der Waals surface area (Å²) in [6.45, 7) is 4.15. The number of carbonyl (C=O) groups is 1. The lowest BCUT2D eigenvalue weighted by atomic mass is 10.0. The van der Waals surface area contributed by atoms with Crippen LogP contribution in [0.4, 0.5) is 4.39 Å². The molecule has 4 atom stereocenters. The average molecular weight is 489 g/mol. The van der Waals surface area contributed by atoms with Crippen LogP contribution in [0.15, 0.2) is 23.9 Å². The molecule has 0 radical (unpaired) electrons. The van der Waals surface area contributed by atoms with Crippen LogP contribution in [-0.4, -0.2) is 58.3 Å². The predicted molar refractivity (Wildman–Crippen MR) is 124 cm³/mol. The molecular weight excluding hydrogens is 461 g/mol. The van der Waals surface area contributed by atoms with E-state index in [1.165, 1.54) is 18.2 Å². The number of halogens is 2. The van der Waals surface area contributed by atoms with Gasteiger partial charge in [0.1, 0.15) is 28.4 Å². The Morgan fingerprint density at radius 3 is 2.85 bits per heavy atom. The maximum atomic E-state index is 14.1. The number of H-pyrrole nitrogens is 1. The van der Waals surface area contributed by atoms with Gasteiger partial charge in [-0.05, 0) is 36.9 Å². The number of aliphatic hydroxyl groups excluding tert-OH is 1. The van der Waals surface area contributed by atoms with E-state index in [0.29, 0.717) is 41.5 Å². The third-order valence-electron chi connectivity index (χ3n) is 6.88. The number of nitrogens with two attached hydrogens (primary N) is 1. The van der Waals surface area contributed by atoms with Gasteiger partial charge in [0.05, 0.1) is 30.3 Å². The van der Waals surface area contributed by atoms with Gasteiger partial charge in [0.25, 0.3) is 5.91 Å². The minimum Gasteiger partial charge on any atom is -0.489 e. The SMILES string of the molecule is Cc1nc(C2=C(N)CN(C(=O)c3ccc(F)cc3OC3CC4CC(O)C(C3)N4)C2)[nH+]c(C)c1Cl. The van der Waals surface area contributed by atoms with E-state index in [2.05, 4.69) is 15.3 Å². The third kappa shape index (κ3) is 4.23. The van der Waals surface area contributed by atoms with Crippen molar-refractivity contribution in [3.8, 4) is 5.75 Å². The maximum absolute atomic E-state index is 14.1. The molecule has 2 bridgehead atoms. The van der Waals surface area contributed by atoms with E-state index in [-0.39, 0.29) is 48.5 Å². The maximum Gasteiger partial charge on any atom is 0.328 e. The molecule has 10 heteroatoms. The number of ether oxygens (including phenoxy) is 1. The van der Waals surface area contributed by atoms with E-state index in [1.54, 1.807) is 4.90 Å². The summed E-state index contributed by atoms with van der Waals surface area (Å²) in [7, 11) is 0. The highest BCUT2D eigenvalue weighted by Crippen LogP contribution is 2.33. The van der Waals surface area contributed by atoms with Gasteiger partial charge >= 0.3 is 5.82 Å². The highest BCUT2D eigenvalue weighted by atomic mass is 35.5. The van der Waals surface area contributed by atoms with E-state index < -0.39 is 11.9 Å². The van der Waals surface area contributed by atoms with E-state index in [4.69, 9.17) is 22.1 Å². The quantitative estimate of drug-likeness (QED) is 0.604. The lowest BCUT2D eigenvalue weighted by molar-refractivity contribution is -0.396. The molecule has 5 N–H and O–H groups in total. The summed E-state index contributed by atoms with van der Waals surface area (Å²) in [5.41, 5.74) is 9.27. The normalized spacial score (nSPS) is 26.3. The van der Waals surface area contributed by atoms with Gasteiger partial charge in [-0.2, -0.15) is 0 Å². The summed E-state index contributed by atoms with van der Waals surface area (Å²) >= 11 is 6.22. The van der Waals surface area contributed by atoms with Crippen molar-refractivity contribution in [2.24, 2.45) is 5.73 Å². The van der Waals surface area contributed by atoms with Crippen molar-refractivity contribution in [1.82, 2.24) is 15.2 Å². The van der Waals surface area contributed by atoms with Crippen LogP contribution in [0.25, 0.3) is 5.57 Å². The van der Waals surface area contributed by atoms with E-state index in [0.717, 1.165) is 11.3 Å². The smallest absolute Gasteiger partial charge is 0.328 e. The van der Waals surface area contributed by atoms with Crippen LogP contribution in [0.3, 0.4) is 0 Å². The predicted octanol–water partition coefficient (Wildman–Crippen LogP) is 1.76. The highest BCUT2D eigenvalue weighted by molar-refractivity contribution is 6.31. The number of nitrogens with one attached hydrogen (secondary N) is 2. The lowest BCUT2D eigenvalue weighted by Crippen LogP contribution is -2.44. The zero-order valence-corrected chi connectivity index (χ0v) is 19.8. The number of aromatic nitrogens is 2. The van der Waals surface area contributed by atoms with Crippen molar-refractivity contribution in [1.29, 1.82) is 0 Å². The molecule has 8 nitrogen and oxygen atoms in total. The number of rotatable bonds is 4. The Morgan fingerprint density at radius 2 is 2.12 bits per heavy atom. The number of hydrogen-bond donors (Lipinski definition) is 3. The van der Waals surface area contributed by atoms with E-state index in [9.17, 15) is 14.3 Å². The molecule has 1 aromatic heterocycles. The molecule has 34 heavy (non-hydrogen) atoms. The molecule has 1 aromatic carbocycles. The van der Waals surface area contributed by atoms with E-state index in [1.807, 2.05) is 13.8 Å². The summed E-state index contributed by atoms with van der Waals surface area (Å²) in [5, 5.41) is 14.1. The molecule has 3 aliphatic rings. The third-order valence-corrected chi connectivity index (χ3v) is 7.43. The first-order valence-electron chi connectivity index (χ1n) is 11.4. The first-order chi connectivity index (χ1) is 16.2. The number of aryl methyl sites for hydroxylation is 2. The van der Waals surface area contributed by atoms with Crippen LogP contribution in [0.1, 0.15) is 46.8 Å². The summed E-state index contributed by atoms with van der Waals surface area (Å²) in [6.07, 6.45) is 1.35. The Morgan fingerprint density at radius 1 is 1.32 bits per heavy atom. The van der Waals surface area contributed by atoms with Crippen LogP contribution < -0.4 is 20.8 Å². The number of piperidine rings is 1. The van der Waals surface area contributed by atoms with Crippen LogP contribution in [-0.2, 0) is 0 Å². The van der Waals surface area contributed by atoms with Gasteiger partial charge < -0.3 is 25.8 Å². The molecular formula is C24H28ClFN5O3+. The Bertz CT molecular complexity index is 1160. The molecule has 4 heterocycles. The van der Waals surface area contributed by atoms with Gasteiger partial charge in [-0.1, -0.05) is 11.6 Å². The highest BCUT2D eigenvalue weighted by Gasteiger charge is 2.41. The van der Waals surface area contributed by atoms with Crippen molar-refractivity contribution in [2.45, 2.75) is 57.4 Å². The summed E-state index contributed by atoms with van der Waals surface area (Å²) in [6, 6.07) is 4.07. The van der Waals surface area contributed by atoms with Crippen LogP contribution in [0.5, 0.6) is 5.75 Å². The van der Waals surface area contributed by atoms with Gasteiger partial charge in [-0.25, -0.2) is 9.37 Å². The van der Waals surface area contributed by atoms with Crippen molar-refractivity contribution >= 4 is 23.1 Å². The topological polar surface area (TPSA) is 115 Å². The van der Waals surface area contributed by atoms with Crippen LogP contribution >= 0.6 is 11.6 Å². The van der Waals surface area contributed by atoms with Crippen molar-refractivity contribution < 1.29 is 24.0 Å². The fraction of sp³-hybridized carbons (Fsp3) is 0.458. The lowest BCUT2D eigenvalue weighted by Gasteiger charge is -2.30. The van der Waals surface area contributed by atoms with Gasteiger partial charge in [0, 0.05) is 37.2 Å². The second-order valence-electron chi connectivity index (χ2n) is 9.40. The first-order valence-corrected chi connectivity index (χ1v) is 11.8. The summed E-state index contributed by atoms with van der Waals surface area (Å²) in [5.74, 6) is 0.00801. The zero-order chi connectivity index (χ0) is 24.1. The number of hydrogen-bond acceptors (Lipinski definition) is 6. The Kier molecular flexibility index (Phi) is 5.95. The van der Waals surface area contributed by atoms with E-state index >= 15 is 0 Å². The molecule has 1 amide bonds. The Hall–Kier alpha value is -2.75. The zero-order valence-electron chi connectivity index (χ0n) is 19.1. The van der Waals surface area contributed by atoms with Crippen LogP contribution in [0.2, 0.25) is 5.02 Å². The molecule has 0 aliphatic carbocycles. The number of fused-ring (bicyclic) bond motifs is 2. The molecule has 2 saturated heterocycles. The number of benzene rings is 1. The molecule has 2 fully saturated rings. The standard InChI is InChI=1S/C24H27ClFN5O3/c1-11-22(25)12(2)29-23(28-11)17-9-31(10-18(17)27)24(33)16-4-3-13(26)5-21(16)34-15-6-14-7-20(32)19(8-15)30-14/h3-5,14-15,19-20,30,32H,6-10,27H2,1-2H3/p+1. The molecule has 3 aliphatic heterocycles. The molecule has 0 spiro atoms. The summed E-state index contributed by atoms with van der Waals surface area (Å²) in [4.78, 5) is 22.7. The monoisotopic (exact) mass is 488 g/mol. The van der Waals surface area contributed by atoms with Crippen molar-refractivity contribution in [3.63, 3.8) is 0 Å². The number of aliphatic hydroxyl groups is 1. The largest absolute Gasteiger partial charge is 0.489 e. The molecule has 0 saturated carbocycles. The number of nitrogens with zero attached hydrogens (tertiary/aromatic N) is 2. The fourth-order valence-corrected chi connectivity index (χ4v) is 5.24. The second-order valence-corrected chi connectivity index (χ2v) is 9.78. The van der Waals surface area contributed by atoms with Gasteiger partial charge in [0.15, 0.2) is 5.69 Å². The number of carbonyl (C=O) groups excluding carboxylic acids is 1. The molecule has 5 rings (SSSR count). The molecule has 2 aromatic rings. The number of aromatic amines is 1. The van der Waals surface area contributed by atoms with Gasteiger partial charge in [-0.15, -0.1) is 0 Å². The Balaban J connectivity index is 1.35.